The molecule has 19 heavy (non-hydrogen) atoms. The number of rotatable bonds is 7. The van der Waals surface area contributed by atoms with Gasteiger partial charge < -0.3 is 4.57 Å². The molecule has 0 fully saturated rings. The van der Waals surface area contributed by atoms with E-state index in [1.165, 1.54) is 0 Å². The Morgan fingerprint density at radius 3 is 2.68 bits per heavy atom. The van der Waals surface area contributed by atoms with Crippen molar-refractivity contribution in [3.63, 3.8) is 0 Å². The average molecular weight is 264 g/mol. The van der Waals surface area contributed by atoms with Crippen LogP contribution >= 0.6 is 0 Å². The van der Waals surface area contributed by atoms with E-state index in [1.807, 2.05) is 6.20 Å². The fourth-order valence-electron chi connectivity index (χ4n) is 2.71. The average Bonchev–Trinajstić information content (AvgIpc) is 2.62. The fraction of sp³-hybridized carbons (Fsp3) is 0.750. The van der Waals surface area contributed by atoms with Crippen molar-refractivity contribution in [1.29, 1.82) is 0 Å². The number of Topliss-reactive ketones (excluding diaryl/α,β-unsaturated/α-hetero) is 1. The first-order valence-corrected chi connectivity index (χ1v) is 7.33. The molecule has 0 amide bonds. The van der Waals surface area contributed by atoms with Gasteiger partial charge in [-0.1, -0.05) is 34.6 Å². The fourth-order valence-corrected chi connectivity index (χ4v) is 2.71. The molecule has 0 spiro atoms. The third-order valence-electron chi connectivity index (χ3n) is 3.16. The molecule has 1 unspecified atom stereocenters. The minimum atomic E-state index is 0.292. The summed E-state index contributed by atoms with van der Waals surface area (Å²) >= 11 is 0. The summed E-state index contributed by atoms with van der Waals surface area (Å²) in [4.78, 5) is 16.4. The lowest BCUT2D eigenvalue weighted by atomic mass is 9.83. The number of carbonyl (C=O) groups excluding carboxylic acids is 1. The Hall–Kier alpha value is -1.12. The van der Waals surface area contributed by atoms with Crippen LogP contribution in [0.4, 0.5) is 0 Å². The molecule has 0 bridgehead atoms. The molecule has 0 saturated heterocycles. The molecule has 3 nitrogen and oxygen atoms in total. The molecule has 0 aromatic carbocycles. The molecule has 0 aliphatic heterocycles. The van der Waals surface area contributed by atoms with Crippen LogP contribution < -0.4 is 0 Å². The lowest BCUT2D eigenvalue weighted by molar-refractivity contribution is -0.119. The number of aromatic nitrogens is 2. The van der Waals surface area contributed by atoms with Gasteiger partial charge in [0.15, 0.2) is 0 Å². The molecular formula is C16H28N2O. The van der Waals surface area contributed by atoms with E-state index in [-0.39, 0.29) is 0 Å². The monoisotopic (exact) mass is 264 g/mol. The van der Waals surface area contributed by atoms with Crippen molar-refractivity contribution in [2.75, 3.05) is 0 Å². The van der Waals surface area contributed by atoms with Gasteiger partial charge in [-0.25, -0.2) is 4.98 Å². The molecule has 0 aliphatic rings. The topological polar surface area (TPSA) is 34.9 Å². The lowest BCUT2D eigenvalue weighted by Crippen LogP contribution is -2.16. The van der Waals surface area contributed by atoms with Crippen LogP contribution in [0, 0.1) is 11.3 Å². The van der Waals surface area contributed by atoms with Gasteiger partial charge in [-0.3, -0.25) is 4.79 Å². The van der Waals surface area contributed by atoms with Crippen LogP contribution in [-0.2, 0) is 17.8 Å². The third-order valence-corrected chi connectivity index (χ3v) is 3.16. The Balaban J connectivity index is 2.48. The molecule has 0 radical (unpaired) electrons. The Labute approximate surface area is 117 Å². The molecule has 1 atom stereocenters. The summed E-state index contributed by atoms with van der Waals surface area (Å²) in [5, 5.41) is 0. The number of hydrogen-bond acceptors (Lipinski definition) is 2. The smallest absolute Gasteiger partial charge is 0.140 e. The van der Waals surface area contributed by atoms with E-state index in [1.54, 1.807) is 6.20 Å². The van der Waals surface area contributed by atoms with E-state index in [0.29, 0.717) is 30.0 Å². The van der Waals surface area contributed by atoms with Crippen LogP contribution in [0.1, 0.15) is 59.7 Å². The molecule has 1 rings (SSSR count). The predicted octanol–water partition coefficient (Wildman–Crippen LogP) is 3.87. The number of ketones is 1. The number of nitrogens with zero attached hydrogens (tertiary/aromatic N) is 2. The summed E-state index contributed by atoms with van der Waals surface area (Å²) in [6.07, 6.45) is 7.04. The highest BCUT2D eigenvalue weighted by Crippen LogP contribution is 2.26. The van der Waals surface area contributed by atoms with Crippen LogP contribution in [0.15, 0.2) is 12.4 Å². The van der Waals surface area contributed by atoms with E-state index >= 15 is 0 Å². The summed E-state index contributed by atoms with van der Waals surface area (Å²) in [7, 11) is 0. The van der Waals surface area contributed by atoms with Gasteiger partial charge >= 0.3 is 0 Å². The molecule has 1 heterocycles. The van der Waals surface area contributed by atoms with Gasteiger partial charge in [0.1, 0.15) is 11.6 Å². The molecule has 0 N–H and O–H groups in total. The molecule has 108 valence electrons. The highest BCUT2D eigenvalue weighted by Gasteiger charge is 2.18. The summed E-state index contributed by atoms with van der Waals surface area (Å²) in [5.41, 5.74) is 0.292. The van der Waals surface area contributed by atoms with Gasteiger partial charge in [0, 0.05) is 25.4 Å². The van der Waals surface area contributed by atoms with Crippen molar-refractivity contribution in [2.24, 2.45) is 11.3 Å². The maximum absolute atomic E-state index is 12.1. The zero-order valence-electron chi connectivity index (χ0n) is 13.1. The first-order chi connectivity index (χ1) is 8.81. The van der Waals surface area contributed by atoms with Gasteiger partial charge in [-0.15, -0.1) is 0 Å². The second-order valence-corrected chi connectivity index (χ2v) is 6.83. The second kappa shape index (κ2) is 6.88. The van der Waals surface area contributed by atoms with Crippen LogP contribution in [0.2, 0.25) is 0 Å². The van der Waals surface area contributed by atoms with E-state index in [0.717, 1.165) is 25.2 Å². The van der Waals surface area contributed by atoms with Crippen LogP contribution in [0.25, 0.3) is 0 Å². The molecule has 1 aromatic rings. The van der Waals surface area contributed by atoms with Crippen LogP contribution in [0.3, 0.4) is 0 Å². The van der Waals surface area contributed by atoms with Crippen molar-refractivity contribution >= 4 is 5.78 Å². The Bertz CT molecular complexity index is 401. The van der Waals surface area contributed by atoms with Gasteiger partial charge in [0.05, 0.1) is 6.42 Å². The van der Waals surface area contributed by atoms with E-state index < -0.39 is 0 Å². The summed E-state index contributed by atoms with van der Waals surface area (Å²) in [6, 6.07) is 0. The maximum atomic E-state index is 12.1. The standard InChI is InChI=1S/C16H28N2O/c1-6-8-18-9-7-17-15(18)11-14(19)10-13(2)12-16(3,4)5/h7,9,13H,6,8,10-12H2,1-5H3. The minimum Gasteiger partial charge on any atom is -0.335 e. The quantitative estimate of drug-likeness (QED) is 0.749. The lowest BCUT2D eigenvalue weighted by Gasteiger charge is -2.22. The Morgan fingerprint density at radius 2 is 2.11 bits per heavy atom. The number of carbonyl (C=O) groups is 1. The van der Waals surface area contributed by atoms with Gasteiger partial charge in [-0.05, 0) is 24.2 Å². The van der Waals surface area contributed by atoms with E-state index in [2.05, 4.69) is 44.2 Å². The van der Waals surface area contributed by atoms with Gasteiger partial charge in [0.25, 0.3) is 0 Å². The second-order valence-electron chi connectivity index (χ2n) is 6.83. The van der Waals surface area contributed by atoms with Crippen molar-refractivity contribution in [2.45, 2.75) is 66.8 Å². The van der Waals surface area contributed by atoms with E-state index in [4.69, 9.17) is 0 Å². The predicted molar refractivity (Wildman–Crippen MR) is 79.1 cm³/mol. The summed E-state index contributed by atoms with van der Waals surface area (Å²) < 4.78 is 2.09. The molecule has 1 aromatic heterocycles. The van der Waals surface area contributed by atoms with Crippen LogP contribution in [-0.4, -0.2) is 15.3 Å². The highest BCUT2D eigenvalue weighted by molar-refractivity contribution is 5.80. The van der Waals surface area contributed by atoms with Crippen molar-refractivity contribution in [1.82, 2.24) is 9.55 Å². The largest absolute Gasteiger partial charge is 0.335 e. The SMILES string of the molecule is CCCn1ccnc1CC(=O)CC(C)CC(C)(C)C. The Kier molecular flexibility index (Phi) is 5.77. The number of hydrogen-bond donors (Lipinski definition) is 0. The van der Waals surface area contributed by atoms with Crippen molar-refractivity contribution < 1.29 is 4.79 Å². The summed E-state index contributed by atoms with van der Waals surface area (Å²) in [6.45, 7) is 11.9. The zero-order valence-corrected chi connectivity index (χ0v) is 13.1. The minimum absolute atomic E-state index is 0.292. The normalized spacial score (nSPS) is 13.5. The molecular weight excluding hydrogens is 236 g/mol. The van der Waals surface area contributed by atoms with Crippen molar-refractivity contribution in [3.05, 3.63) is 18.2 Å². The first-order valence-electron chi connectivity index (χ1n) is 7.33. The number of aryl methyl sites for hydroxylation is 1. The highest BCUT2D eigenvalue weighted by atomic mass is 16.1. The van der Waals surface area contributed by atoms with Gasteiger partial charge in [-0.2, -0.15) is 0 Å². The first kappa shape index (κ1) is 15.9. The zero-order chi connectivity index (χ0) is 14.5. The molecule has 3 heteroatoms. The maximum Gasteiger partial charge on any atom is 0.140 e. The molecule has 0 saturated carbocycles. The van der Waals surface area contributed by atoms with E-state index in [9.17, 15) is 4.79 Å². The summed E-state index contributed by atoms with van der Waals surface area (Å²) in [5.74, 6) is 1.66. The number of imidazole rings is 1. The van der Waals surface area contributed by atoms with Crippen molar-refractivity contribution in [3.8, 4) is 0 Å². The van der Waals surface area contributed by atoms with Gasteiger partial charge in [0.2, 0.25) is 0 Å². The Morgan fingerprint density at radius 1 is 1.42 bits per heavy atom. The van der Waals surface area contributed by atoms with Crippen LogP contribution in [0.5, 0.6) is 0 Å². The molecule has 0 aliphatic carbocycles. The third kappa shape index (κ3) is 6.04.